The summed E-state index contributed by atoms with van der Waals surface area (Å²) in [5.41, 5.74) is 1.85. The van der Waals surface area contributed by atoms with E-state index in [1.54, 1.807) is 13.2 Å². The van der Waals surface area contributed by atoms with Gasteiger partial charge in [0.1, 0.15) is 11.5 Å². The Morgan fingerprint density at radius 1 is 1.03 bits per heavy atom. The molecule has 0 aromatic heterocycles. The second kappa shape index (κ2) is 8.20. The number of Topliss-reactive ketones (excluding diaryl/α,β-unsaturated/α-hetero) is 1. The van der Waals surface area contributed by atoms with Crippen LogP contribution >= 0.6 is 11.6 Å². The third-order valence-electron chi connectivity index (χ3n) is 5.87. The van der Waals surface area contributed by atoms with E-state index >= 15 is 0 Å². The van der Waals surface area contributed by atoms with Crippen molar-refractivity contribution in [1.82, 2.24) is 4.90 Å². The first-order chi connectivity index (χ1) is 14.0. The highest BCUT2D eigenvalue weighted by molar-refractivity contribution is 6.32. The molecule has 7 heteroatoms. The van der Waals surface area contributed by atoms with Gasteiger partial charge in [-0.25, -0.2) is 4.39 Å². The molecule has 2 aliphatic rings. The molecule has 0 aliphatic carbocycles. The number of halogens is 2. The molecule has 2 fully saturated rings. The molecule has 2 aromatic rings. The molecule has 0 radical (unpaired) electrons. The lowest BCUT2D eigenvalue weighted by Gasteiger charge is -2.48. The van der Waals surface area contributed by atoms with Crippen molar-refractivity contribution in [3.05, 3.63) is 52.8 Å². The molecule has 0 spiro atoms. The SMILES string of the molecule is COc1ccc(C2CC(=O)CC3CN(c4ccc(Cl)c(OC)c4)CCN32)cc1F. The number of anilines is 1. The molecule has 4 rings (SSSR count). The molecule has 5 nitrogen and oxygen atoms in total. The van der Waals surface area contributed by atoms with Crippen molar-refractivity contribution in [2.75, 3.05) is 38.8 Å². The zero-order valence-electron chi connectivity index (χ0n) is 16.5. The minimum absolute atomic E-state index is 0.0850. The molecular weight excluding hydrogens is 395 g/mol. The van der Waals surface area contributed by atoms with Crippen molar-refractivity contribution in [3.8, 4) is 11.5 Å². The molecule has 2 saturated heterocycles. The lowest BCUT2D eigenvalue weighted by molar-refractivity contribution is -0.125. The molecule has 29 heavy (non-hydrogen) atoms. The summed E-state index contributed by atoms with van der Waals surface area (Å²) in [6, 6.07) is 10.7. The number of ketones is 1. The molecule has 154 valence electrons. The van der Waals surface area contributed by atoms with E-state index in [0.717, 1.165) is 30.9 Å². The maximum atomic E-state index is 14.3. The summed E-state index contributed by atoms with van der Waals surface area (Å²) in [6.07, 6.45) is 0.924. The molecule has 2 unspecified atom stereocenters. The fourth-order valence-corrected chi connectivity index (χ4v) is 4.61. The van der Waals surface area contributed by atoms with Gasteiger partial charge in [0.15, 0.2) is 11.6 Å². The Bertz CT molecular complexity index is 923. The van der Waals surface area contributed by atoms with Crippen molar-refractivity contribution in [1.29, 1.82) is 0 Å². The lowest BCUT2D eigenvalue weighted by atomic mass is 9.88. The zero-order chi connectivity index (χ0) is 20.5. The van der Waals surface area contributed by atoms with E-state index in [2.05, 4.69) is 9.80 Å². The van der Waals surface area contributed by atoms with Gasteiger partial charge in [-0.15, -0.1) is 0 Å². The van der Waals surface area contributed by atoms with Gasteiger partial charge in [-0.05, 0) is 29.8 Å². The third-order valence-corrected chi connectivity index (χ3v) is 6.19. The second-order valence-electron chi connectivity index (χ2n) is 7.51. The van der Waals surface area contributed by atoms with Crippen LogP contribution in [0.5, 0.6) is 11.5 Å². The monoisotopic (exact) mass is 418 g/mol. The Balaban J connectivity index is 1.56. The molecule has 0 bridgehead atoms. The van der Waals surface area contributed by atoms with Crippen molar-refractivity contribution < 1.29 is 18.7 Å². The van der Waals surface area contributed by atoms with Gasteiger partial charge in [-0.3, -0.25) is 9.69 Å². The smallest absolute Gasteiger partial charge is 0.165 e. The van der Waals surface area contributed by atoms with Gasteiger partial charge in [-0.1, -0.05) is 17.7 Å². The molecule has 0 saturated carbocycles. The van der Waals surface area contributed by atoms with E-state index in [0.29, 0.717) is 23.6 Å². The van der Waals surface area contributed by atoms with Crippen LogP contribution in [0.4, 0.5) is 10.1 Å². The molecule has 2 atom stereocenters. The number of piperazine rings is 1. The quantitative estimate of drug-likeness (QED) is 0.748. The average Bonchev–Trinajstić information content (AvgIpc) is 2.73. The normalized spacial score (nSPS) is 22.3. The van der Waals surface area contributed by atoms with Crippen LogP contribution in [-0.4, -0.2) is 50.6 Å². The van der Waals surface area contributed by atoms with Gasteiger partial charge in [-0.2, -0.15) is 0 Å². The van der Waals surface area contributed by atoms with Crippen molar-refractivity contribution in [2.45, 2.75) is 24.9 Å². The molecule has 2 aliphatic heterocycles. The Hall–Kier alpha value is -2.31. The Morgan fingerprint density at radius 3 is 2.55 bits per heavy atom. The van der Waals surface area contributed by atoms with Gasteiger partial charge >= 0.3 is 0 Å². The first-order valence-electron chi connectivity index (χ1n) is 9.69. The maximum absolute atomic E-state index is 14.3. The van der Waals surface area contributed by atoms with Crippen molar-refractivity contribution >= 4 is 23.1 Å². The summed E-state index contributed by atoms with van der Waals surface area (Å²) in [5, 5.41) is 0.573. The fraction of sp³-hybridized carbons (Fsp3) is 0.409. The third kappa shape index (κ3) is 3.91. The molecule has 2 heterocycles. The Morgan fingerprint density at radius 2 is 1.83 bits per heavy atom. The lowest BCUT2D eigenvalue weighted by Crippen LogP contribution is -2.57. The number of hydrogen-bond acceptors (Lipinski definition) is 5. The van der Waals surface area contributed by atoms with Crippen LogP contribution in [0.15, 0.2) is 36.4 Å². The molecule has 2 aromatic carbocycles. The van der Waals surface area contributed by atoms with E-state index < -0.39 is 5.82 Å². The predicted octanol–water partition coefficient (Wildman–Crippen LogP) is 4.09. The fourth-order valence-electron chi connectivity index (χ4n) is 4.42. The predicted molar refractivity (Wildman–Crippen MR) is 111 cm³/mol. The van der Waals surface area contributed by atoms with Crippen LogP contribution in [-0.2, 0) is 4.79 Å². The largest absolute Gasteiger partial charge is 0.495 e. The van der Waals surface area contributed by atoms with Crippen molar-refractivity contribution in [3.63, 3.8) is 0 Å². The Labute approximate surface area is 175 Å². The summed E-state index contributed by atoms with van der Waals surface area (Å²) < 4.78 is 24.6. The van der Waals surface area contributed by atoms with E-state index in [1.807, 2.05) is 24.3 Å². The number of ether oxygens (including phenoxy) is 2. The summed E-state index contributed by atoms with van der Waals surface area (Å²) in [7, 11) is 3.05. The summed E-state index contributed by atoms with van der Waals surface area (Å²) >= 11 is 6.15. The minimum Gasteiger partial charge on any atom is -0.495 e. The average molecular weight is 419 g/mol. The number of nitrogens with zero attached hydrogens (tertiary/aromatic N) is 2. The highest BCUT2D eigenvalue weighted by Gasteiger charge is 2.39. The topological polar surface area (TPSA) is 42.0 Å². The Kier molecular flexibility index (Phi) is 5.65. The van der Waals surface area contributed by atoms with Crippen LogP contribution in [0.25, 0.3) is 0 Å². The summed E-state index contributed by atoms with van der Waals surface area (Å²) in [6.45, 7) is 2.33. The molecule has 0 N–H and O–H groups in total. The summed E-state index contributed by atoms with van der Waals surface area (Å²) in [5.74, 6) is 0.668. The number of hydrogen-bond donors (Lipinski definition) is 0. The number of methoxy groups -OCH3 is 2. The standard InChI is InChI=1S/C22H24ClFN2O3/c1-28-21-6-3-14(9-19(21)24)20-12-17(27)10-16-13-25(7-8-26(16)20)15-4-5-18(23)22(11-15)29-2/h3-6,9,11,16,20H,7-8,10,12-13H2,1-2H3. The van der Waals surface area contributed by atoms with E-state index in [-0.39, 0.29) is 23.6 Å². The van der Waals surface area contributed by atoms with Crippen LogP contribution < -0.4 is 14.4 Å². The second-order valence-corrected chi connectivity index (χ2v) is 7.92. The van der Waals surface area contributed by atoms with Crippen LogP contribution in [0.1, 0.15) is 24.4 Å². The van der Waals surface area contributed by atoms with Gasteiger partial charge in [0, 0.05) is 56.3 Å². The van der Waals surface area contributed by atoms with Crippen molar-refractivity contribution in [2.24, 2.45) is 0 Å². The zero-order valence-corrected chi connectivity index (χ0v) is 17.3. The number of carbonyl (C=O) groups excluding carboxylic acids is 1. The van der Waals surface area contributed by atoms with Crippen LogP contribution in [0.2, 0.25) is 5.02 Å². The van der Waals surface area contributed by atoms with Crippen LogP contribution in [0, 0.1) is 5.82 Å². The number of fused-ring (bicyclic) bond motifs is 1. The highest BCUT2D eigenvalue weighted by atomic mass is 35.5. The van der Waals surface area contributed by atoms with Gasteiger partial charge in [0.05, 0.1) is 19.2 Å². The van der Waals surface area contributed by atoms with E-state index in [1.165, 1.54) is 13.2 Å². The van der Waals surface area contributed by atoms with E-state index in [9.17, 15) is 9.18 Å². The van der Waals surface area contributed by atoms with Gasteiger partial charge < -0.3 is 14.4 Å². The summed E-state index contributed by atoms with van der Waals surface area (Å²) in [4.78, 5) is 17.1. The number of piperidine rings is 1. The minimum atomic E-state index is -0.397. The molecular formula is C22H24ClFN2O3. The first-order valence-corrected chi connectivity index (χ1v) is 10.1. The van der Waals surface area contributed by atoms with Crippen LogP contribution in [0.3, 0.4) is 0 Å². The maximum Gasteiger partial charge on any atom is 0.165 e. The first kappa shape index (κ1) is 20.0. The number of benzene rings is 2. The van der Waals surface area contributed by atoms with Gasteiger partial charge in [0.2, 0.25) is 0 Å². The number of rotatable bonds is 4. The number of carbonyl (C=O) groups is 1. The van der Waals surface area contributed by atoms with Gasteiger partial charge in [0.25, 0.3) is 0 Å². The molecule has 0 amide bonds. The van der Waals surface area contributed by atoms with E-state index in [4.69, 9.17) is 21.1 Å². The highest BCUT2D eigenvalue weighted by Crippen LogP contribution is 2.37.